The average molecular weight is 274 g/mol. The lowest BCUT2D eigenvalue weighted by molar-refractivity contribution is 0.142. The minimum Gasteiger partial charge on any atom is -0.473 e. The van der Waals surface area contributed by atoms with Gasteiger partial charge in [0.1, 0.15) is 11.6 Å². The molecule has 2 N–H and O–H groups in total. The van der Waals surface area contributed by atoms with Gasteiger partial charge in [0.15, 0.2) is 0 Å². The van der Waals surface area contributed by atoms with E-state index in [4.69, 9.17) is 10.5 Å². The van der Waals surface area contributed by atoms with Crippen LogP contribution in [-0.2, 0) is 0 Å². The van der Waals surface area contributed by atoms with Gasteiger partial charge in [-0.05, 0) is 37.7 Å². The summed E-state index contributed by atoms with van der Waals surface area (Å²) in [7, 11) is 0. The van der Waals surface area contributed by atoms with Crippen molar-refractivity contribution >= 4 is 5.52 Å². The molecule has 0 aliphatic heterocycles. The molecule has 2 aromatic heterocycles. The molecule has 0 amide bonds. The highest BCUT2D eigenvalue weighted by molar-refractivity contribution is 5.56. The fourth-order valence-electron chi connectivity index (χ4n) is 2.65. The van der Waals surface area contributed by atoms with Crippen molar-refractivity contribution in [3.05, 3.63) is 24.2 Å². The van der Waals surface area contributed by atoms with Gasteiger partial charge in [0, 0.05) is 18.4 Å². The highest BCUT2D eigenvalue weighted by Crippen LogP contribution is 2.26. The van der Waals surface area contributed by atoms with Gasteiger partial charge in [-0.15, -0.1) is 0 Å². The Morgan fingerprint density at radius 1 is 1.30 bits per heavy atom. The number of aromatic nitrogens is 3. The van der Waals surface area contributed by atoms with Gasteiger partial charge in [-0.3, -0.25) is 0 Å². The predicted octanol–water partition coefficient (Wildman–Crippen LogP) is 2.50. The number of fused-ring (bicyclic) bond motifs is 1. The maximum atomic E-state index is 6.08. The predicted molar refractivity (Wildman–Crippen MR) is 77.9 cm³/mol. The second-order valence-corrected chi connectivity index (χ2v) is 5.94. The van der Waals surface area contributed by atoms with E-state index in [1.165, 1.54) is 0 Å². The molecule has 0 spiro atoms. The lowest BCUT2D eigenvalue weighted by atomic mass is 9.94. The molecule has 1 saturated carbocycles. The second kappa shape index (κ2) is 5.40. The molecule has 1 aliphatic rings. The van der Waals surface area contributed by atoms with Crippen LogP contribution in [0, 0.1) is 0 Å². The average Bonchev–Trinajstić information content (AvgIpc) is 2.87. The highest BCUT2D eigenvalue weighted by Gasteiger charge is 2.21. The van der Waals surface area contributed by atoms with E-state index in [0.717, 1.165) is 36.9 Å². The standard InChI is InChI=1S/C15H22N4O/c1-10(2)13-9-14-15(17-7-8-19(14)18-13)20-12-5-3-11(16)4-6-12/h7-12H,3-6,16H2,1-2H3. The maximum Gasteiger partial charge on any atom is 0.240 e. The summed E-state index contributed by atoms with van der Waals surface area (Å²) >= 11 is 0. The van der Waals surface area contributed by atoms with Crippen molar-refractivity contribution in [2.75, 3.05) is 0 Å². The third kappa shape index (κ3) is 2.63. The highest BCUT2D eigenvalue weighted by atomic mass is 16.5. The van der Waals surface area contributed by atoms with Crippen molar-refractivity contribution in [2.24, 2.45) is 5.73 Å². The van der Waals surface area contributed by atoms with Crippen molar-refractivity contribution in [1.29, 1.82) is 0 Å². The van der Waals surface area contributed by atoms with Crippen LogP contribution in [0.3, 0.4) is 0 Å². The molecule has 0 radical (unpaired) electrons. The van der Waals surface area contributed by atoms with Crippen LogP contribution < -0.4 is 10.5 Å². The van der Waals surface area contributed by atoms with Crippen molar-refractivity contribution in [2.45, 2.75) is 57.6 Å². The number of rotatable bonds is 3. The van der Waals surface area contributed by atoms with Crippen molar-refractivity contribution < 1.29 is 4.74 Å². The summed E-state index contributed by atoms with van der Waals surface area (Å²) in [6.45, 7) is 4.27. The quantitative estimate of drug-likeness (QED) is 0.934. The summed E-state index contributed by atoms with van der Waals surface area (Å²) in [6.07, 6.45) is 7.92. The molecule has 2 heterocycles. The number of nitrogens with two attached hydrogens (primary N) is 1. The van der Waals surface area contributed by atoms with Crippen LogP contribution in [0.1, 0.15) is 51.1 Å². The van der Waals surface area contributed by atoms with E-state index in [9.17, 15) is 0 Å². The zero-order chi connectivity index (χ0) is 14.1. The zero-order valence-electron chi connectivity index (χ0n) is 12.1. The molecular weight excluding hydrogens is 252 g/mol. The van der Waals surface area contributed by atoms with Crippen LogP contribution in [0.2, 0.25) is 0 Å². The summed E-state index contributed by atoms with van der Waals surface area (Å²) in [5.41, 5.74) is 7.95. The molecule has 3 rings (SSSR count). The summed E-state index contributed by atoms with van der Waals surface area (Å²) in [6, 6.07) is 2.41. The van der Waals surface area contributed by atoms with Gasteiger partial charge in [-0.1, -0.05) is 13.8 Å². The van der Waals surface area contributed by atoms with Gasteiger partial charge < -0.3 is 10.5 Å². The Labute approximate surface area is 119 Å². The van der Waals surface area contributed by atoms with Gasteiger partial charge in [-0.2, -0.15) is 5.10 Å². The molecule has 5 heteroatoms. The number of hydrogen-bond donors (Lipinski definition) is 1. The van der Waals surface area contributed by atoms with E-state index in [1.807, 2.05) is 10.7 Å². The Morgan fingerprint density at radius 2 is 2.05 bits per heavy atom. The smallest absolute Gasteiger partial charge is 0.240 e. The van der Waals surface area contributed by atoms with Crippen molar-refractivity contribution in [3.63, 3.8) is 0 Å². The van der Waals surface area contributed by atoms with Gasteiger partial charge in [-0.25, -0.2) is 9.50 Å². The fourth-order valence-corrected chi connectivity index (χ4v) is 2.65. The normalized spacial score (nSPS) is 23.4. The first-order valence-electron chi connectivity index (χ1n) is 7.40. The number of hydrogen-bond acceptors (Lipinski definition) is 4. The molecule has 0 atom stereocenters. The molecule has 1 fully saturated rings. The molecular formula is C15H22N4O. The Hall–Kier alpha value is -1.62. The first-order valence-corrected chi connectivity index (χ1v) is 7.40. The minimum absolute atomic E-state index is 0.228. The Bertz CT molecular complexity index is 585. The topological polar surface area (TPSA) is 65.4 Å². The maximum absolute atomic E-state index is 6.08. The third-order valence-electron chi connectivity index (χ3n) is 3.96. The van der Waals surface area contributed by atoms with E-state index in [2.05, 4.69) is 30.0 Å². The Morgan fingerprint density at radius 3 is 2.75 bits per heavy atom. The minimum atomic E-state index is 0.228. The molecule has 5 nitrogen and oxygen atoms in total. The first-order chi connectivity index (χ1) is 9.63. The van der Waals surface area contributed by atoms with Crippen molar-refractivity contribution in [1.82, 2.24) is 14.6 Å². The lowest BCUT2D eigenvalue weighted by Crippen LogP contribution is -2.31. The lowest BCUT2D eigenvalue weighted by Gasteiger charge is -2.26. The van der Waals surface area contributed by atoms with Crippen LogP contribution in [-0.4, -0.2) is 26.7 Å². The third-order valence-corrected chi connectivity index (χ3v) is 3.96. The molecule has 0 bridgehead atoms. The summed E-state index contributed by atoms with van der Waals surface area (Å²) < 4.78 is 7.94. The molecule has 0 aromatic carbocycles. The van der Waals surface area contributed by atoms with Crippen LogP contribution >= 0.6 is 0 Å². The van der Waals surface area contributed by atoms with Gasteiger partial charge in [0.2, 0.25) is 5.88 Å². The second-order valence-electron chi connectivity index (χ2n) is 5.94. The molecule has 108 valence electrons. The number of ether oxygens (including phenoxy) is 1. The van der Waals surface area contributed by atoms with Gasteiger partial charge in [0.05, 0.1) is 5.69 Å². The Balaban J connectivity index is 1.84. The first kappa shape index (κ1) is 13.4. The van der Waals surface area contributed by atoms with E-state index >= 15 is 0 Å². The van der Waals surface area contributed by atoms with E-state index in [-0.39, 0.29) is 6.10 Å². The molecule has 20 heavy (non-hydrogen) atoms. The summed E-state index contributed by atoms with van der Waals surface area (Å²) in [4.78, 5) is 4.38. The summed E-state index contributed by atoms with van der Waals surface area (Å²) in [5, 5.41) is 4.55. The molecule has 0 unspecified atom stereocenters. The van der Waals surface area contributed by atoms with Crippen LogP contribution in [0.15, 0.2) is 18.5 Å². The number of nitrogens with zero attached hydrogens (tertiary/aromatic N) is 3. The SMILES string of the molecule is CC(C)c1cc2c(OC3CCC(N)CC3)nccn2n1. The van der Waals surface area contributed by atoms with E-state index < -0.39 is 0 Å². The Kier molecular flexibility index (Phi) is 3.61. The fraction of sp³-hybridized carbons (Fsp3) is 0.600. The van der Waals surface area contributed by atoms with Gasteiger partial charge in [0.25, 0.3) is 0 Å². The van der Waals surface area contributed by atoms with Crippen molar-refractivity contribution in [3.8, 4) is 5.88 Å². The van der Waals surface area contributed by atoms with Crippen LogP contribution in [0.25, 0.3) is 5.52 Å². The molecule has 2 aromatic rings. The summed E-state index contributed by atoms with van der Waals surface area (Å²) in [5.74, 6) is 1.09. The van der Waals surface area contributed by atoms with E-state index in [1.54, 1.807) is 6.20 Å². The van der Waals surface area contributed by atoms with E-state index in [0.29, 0.717) is 17.8 Å². The largest absolute Gasteiger partial charge is 0.473 e. The van der Waals surface area contributed by atoms with Crippen LogP contribution in [0.4, 0.5) is 0 Å². The van der Waals surface area contributed by atoms with Gasteiger partial charge >= 0.3 is 0 Å². The molecule has 1 aliphatic carbocycles. The monoisotopic (exact) mass is 274 g/mol. The zero-order valence-corrected chi connectivity index (χ0v) is 12.1. The van der Waals surface area contributed by atoms with Crippen LogP contribution in [0.5, 0.6) is 5.88 Å². The molecule has 0 saturated heterocycles.